The maximum Gasteiger partial charge on any atom is 0.355 e. The van der Waals surface area contributed by atoms with Crippen molar-refractivity contribution >= 4 is 28.5 Å². The third-order valence-electron chi connectivity index (χ3n) is 4.36. The Morgan fingerprint density at radius 3 is 2.45 bits per heavy atom. The van der Waals surface area contributed by atoms with Gasteiger partial charge in [0.2, 0.25) is 0 Å². The topological polar surface area (TPSA) is 80.4 Å². The molecule has 6 heteroatoms. The fourth-order valence-electron chi connectivity index (χ4n) is 3.00. The minimum absolute atomic E-state index is 0.0302. The van der Waals surface area contributed by atoms with Crippen LogP contribution in [0.1, 0.15) is 19.4 Å². The molecule has 2 N–H and O–H groups in total. The van der Waals surface area contributed by atoms with Gasteiger partial charge in [-0.05, 0) is 50.1 Å². The summed E-state index contributed by atoms with van der Waals surface area (Å²) in [6.45, 7) is 5.78. The van der Waals surface area contributed by atoms with Crippen LogP contribution in [0.5, 0.6) is 0 Å². The average molecular weight is 392 g/mol. The predicted octanol–water partition coefficient (Wildman–Crippen LogP) is 4.57. The summed E-state index contributed by atoms with van der Waals surface area (Å²) < 4.78 is 9.98. The van der Waals surface area contributed by atoms with Gasteiger partial charge in [0.15, 0.2) is 0 Å². The van der Waals surface area contributed by atoms with E-state index in [1.54, 1.807) is 13.8 Å². The number of fused-ring (bicyclic) bond motifs is 1. The summed E-state index contributed by atoms with van der Waals surface area (Å²) in [4.78, 5) is 27.5. The maximum atomic E-state index is 12.3. The van der Waals surface area contributed by atoms with Crippen molar-refractivity contribution in [3.05, 3.63) is 65.9 Å². The quantitative estimate of drug-likeness (QED) is 0.455. The van der Waals surface area contributed by atoms with Gasteiger partial charge >= 0.3 is 11.9 Å². The van der Waals surface area contributed by atoms with Gasteiger partial charge < -0.3 is 19.8 Å². The van der Waals surface area contributed by atoms with Gasteiger partial charge in [0.05, 0.1) is 19.3 Å². The summed E-state index contributed by atoms with van der Waals surface area (Å²) >= 11 is 0. The second kappa shape index (κ2) is 9.10. The van der Waals surface area contributed by atoms with Crippen LogP contribution < -0.4 is 5.32 Å². The highest BCUT2D eigenvalue weighted by Gasteiger charge is 2.16. The minimum Gasteiger partial charge on any atom is -0.463 e. The number of nitrogens with one attached hydrogen (secondary N) is 2. The van der Waals surface area contributed by atoms with Gasteiger partial charge in [-0.2, -0.15) is 0 Å². The zero-order valence-electron chi connectivity index (χ0n) is 16.7. The SMILES string of the molecule is CCOC(=O)C=C(Nc1cc2[nH]c(-c3ccccc3)cc2cc1C)C(=O)OCC. The molecule has 150 valence electrons. The standard InChI is InChI=1S/C23H24N2O4/c1-4-28-22(26)14-21(23(27)29-5-2)24-18-13-20-17(11-15(18)3)12-19(25-20)16-9-7-6-8-10-16/h6-14,24-25H,4-5H2,1-3H3. The summed E-state index contributed by atoms with van der Waals surface area (Å²) in [5.41, 5.74) is 4.66. The second-order valence-corrected chi connectivity index (χ2v) is 6.46. The fraction of sp³-hybridized carbons (Fsp3) is 0.217. The summed E-state index contributed by atoms with van der Waals surface area (Å²) in [6.07, 6.45) is 1.12. The normalized spacial score (nSPS) is 11.3. The number of ether oxygens (including phenoxy) is 2. The molecule has 0 fully saturated rings. The lowest BCUT2D eigenvalue weighted by Gasteiger charge is -2.12. The van der Waals surface area contributed by atoms with Crippen LogP contribution in [0.15, 0.2) is 60.3 Å². The lowest BCUT2D eigenvalue weighted by molar-refractivity contribution is -0.140. The number of aromatic amines is 1. The predicted molar refractivity (Wildman–Crippen MR) is 113 cm³/mol. The number of hydrogen-bond acceptors (Lipinski definition) is 5. The van der Waals surface area contributed by atoms with Gasteiger partial charge in [-0.15, -0.1) is 0 Å². The van der Waals surface area contributed by atoms with Crippen molar-refractivity contribution in [3.8, 4) is 11.3 Å². The number of aryl methyl sites for hydroxylation is 1. The highest BCUT2D eigenvalue weighted by Crippen LogP contribution is 2.29. The Morgan fingerprint density at radius 1 is 1.03 bits per heavy atom. The van der Waals surface area contributed by atoms with E-state index < -0.39 is 11.9 Å². The van der Waals surface area contributed by atoms with E-state index in [4.69, 9.17) is 9.47 Å². The van der Waals surface area contributed by atoms with Crippen molar-refractivity contribution in [2.75, 3.05) is 18.5 Å². The first kappa shape index (κ1) is 20.2. The molecule has 1 aromatic heterocycles. The largest absolute Gasteiger partial charge is 0.463 e. The van der Waals surface area contributed by atoms with Gasteiger partial charge in [0.25, 0.3) is 0 Å². The van der Waals surface area contributed by atoms with Gasteiger partial charge in [0, 0.05) is 22.3 Å². The van der Waals surface area contributed by atoms with Crippen LogP contribution in [0, 0.1) is 6.92 Å². The molecular weight excluding hydrogens is 368 g/mol. The number of esters is 2. The number of carbonyl (C=O) groups is 2. The van der Waals surface area contributed by atoms with Gasteiger partial charge in [0.1, 0.15) is 5.70 Å². The Morgan fingerprint density at radius 2 is 1.76 bits per heavy atom. The molecule has 0 bridgehead atoms. The van der Waals surface area contributed by atoms with Gasteiger partial charge in [-0.25, -0.2) is 9.59 Å². The Labute approximate surface area is 169 Å². The third kappa shape index (κ3) is 4.85. The smallest absolute Gasteiger partial charge is 0.355 e. The first-order valence-electron chi connectivity index (χ1n) is 9.53. The van der Waals surface area contributed by atoms with E-state index in [1.165, 1.54) is 0 Å². The number of hydrogen-bond donors (Lipinski definition) is 2. The van der Waals surface area contributed by atoms with E-state index in [0.717, 1.165) is 33.8 Å². The molecule has 0 saturated heterocycles. The number of anilines is 1. The molecule has 0 radical (unpaired) electrons. The van der Waals surface area contributed by atoms with Crippen molar-refractivity contribution in [3.63, 3.8) is 0 Å². The molecule has 3 rings (SSSR count). The Hall–Kier alpha value is -3.54. The van der Waals surface area contributed by atoms with E-state index in [1.807, 2.05) is 49.4 Å². The molecule has 3 aromatic rings. The summed E-state index contributed by atoms with van der Waals surface area (Å²) in [7, 11) is 0. The van der Waals surface area contributed by atoms with E-state index in [-0.39, 0.29) is 18.9 Å². The number of H-pyrrole nitrogens is 1. The van der Waals surface area contributed by atoms with Crippen LogP contribution in [0.2, 0.25) is 0 Å². The average Bonchev–Trinajstić information content (AvgIpc) is 3.11. The summed E-state index contributed by atoms with van der Waals surface area (Å²) in [5, 5.41) is 4.08. The van der Waals surface area contributed by atoms with Crippen molar-refractivity contribution in [1.82, 2.24) is 4.98 Å². The van der Waals surface area contributed by atoms with Crippen LogP contribution in [0.25, 0.3) is 22.2 Å². The van der Waals surface area contributed by atoms with E-state index >= 15 is 0 Å². The van der Waals surface area contributed by atoms with Crippen molar-refractivity contribution in [1.29, 1.82) is 0 Å². The number of rotatable bonds is 7. The number of carbonyl (C=O) groups excluding carboxylic acids is 2. The molecule has 1 heterocycles. The van der Waals surface area contributed by atoms with Crippen LogP contribution in [-0.2, 0) is 19.1 Å². The lowest BCUT2D eigenvalue weighted by Crippen LogP contribution is -2.17. The van der Waals surface area contributed by atoms with Crippen LogP contribution in [-0.4, -0.2) is 30.1 Å². The molecule has 2 aromatic carbocycles. The molecule has 0 atom stereocenters. The zero-order chi connectivity index (χ0) is 20.8. The molecule has 0 aliphatic rings. The van der Waals surface area contributed by atoms with Crippen molar-refractivity contribution < 1.29 is 19.1 Å². The summed E-state index contributed by atoms with van der Waals surface area (Å²) in [5.74, 6) is -1.22. The Balaban J connectivity index is 1.95. The van der Waals surface area contributed by atoms with Crippen molar-refractivity contribution in [2.24, 2.45) is 0 Å². The second-order valence-electron chi connectivity index (χ2n) is 6.46. The fourth-order valence-corrected chi connectivity index (χ4v) is 3.00. The molecule has 0 amide bonds. The number of benzene rings is 2. The molecule has 29 heavy (non-hydrogen) atoms. The monoisotopic (exact) mass is 392 g/mol. The van der Waals surface area contributed by atoms with Crippen LogP contribution >= 0.6 is 0 Å². The molecule has 0 spiro atoms. The minimum atomic E-state index is -0.614. The Kier molecular flexibility index (Phi) is 6.34. The molecule has 0 unspecified atom stereocenters. The Bertz CT molecular complexity index is 1050. The molecule has 0 aliphatic heterocycles. The lowest BCUT2D eigenvalue weighted by atomic mass is 10.1. The molecular formula is C23H24N2O4. The van der Waals surface area contributed by atoms with Gasteiger partial charge in [-0.1, -0.05) is 30.3 Å². The van der Waals surface area contributed by atoms with E-state index in [0.29, 0.717) is 5.69 Å². The van der Waals surface area contributed by atoms with E-state index in [2.05, 4.69) is 16.4 Å². The zero-order valence-corrected chi connectivity index (χ0v) is 16.7. The van der Waals surface area contributed by atoms with E-state index in [9.17, 15) is 9.59 Å². The van der Waals surface area contributed by atoms with Crippen molar-refractivity contribution in [2.45, 2.75) is 20.8 Å². The van der Waals surface area contributed by atoms with Crippen LogP contribution in [0.4, 0.5) is 5.69 Å². The highest BCUT2D eigenvalue weighted by molar-refractivity contribution is 6.00. The highest BCUT2D eigenvalue weighted by atomic mass is 16.5. The molecule has 0 aliphatic carbocycles. The molecule has 0 saturated carbocycles. The van der Waals surface area contributed by atoms with Crippen LogP contribution in [0.3, 0.4) is 0 Å². The number of aromatic nitrogens is 1. The first-order valence-corrected chi connectivity index (χ1v) is 9.53. The molecule has 6 nitrogen and oxygen atoms in total. The van der Waals surface area contributed by atoms with Gasteiger partial charge in [-0.3, -0.25) is 0 Å². The first-order chi connectivity index (χ1) is 14.0. The maximum absolute atomic E-state index is 12.3. The third-order valence-corrected chi connectivity index (χ3v) is 4.36. The summed E-state index contributed by atoms with van der Waals surface area (Å²) in [6, 6.07) is 16.1.